The van der Waals surface area contributed by atoms with Crippen molar-refractivity contribution in [1.82, 2.24) is 10.2 Å². The molecule has 3 aliphatic rings. The van der Waals surface area contributed by atoms with Crippen LogP contribution in [-0.2, 0) is 4.74 Å². The number of nitrogens with one attached hydrogen (secondary N) is 1. The Morgan fingerprint density at radius 1 is 1.32 bits per heavy atom. The average Bonchev–Trinajstić information content (AvgIpc) is 2.70. The van der Waals surface area contributed by atoms with Gasteiger partial charge in [-0.05, 0) is 50.4 Å². The van der Waals surface area contributed by atoms with Gasteiger partial charge in [0.05, 0.1) is 6.61 Å². The van der Waals surface area contributed by atoms with Gasteiger partial charge in [0.15, 0.2) is 0 Å². The highest BCUT2D eigenvalue weighted by Gasteiger charge is 2.43. The van der Waals surface area contributed by atoms with Crippen LogP contribution in [-0.4, -0.2) is 72.6 Å². The standard InChI is InChI=1S/C20H34FN3O4/c1-23(2)15-5-7-18-13(9-15)3-6-17(22-18)14-4-8-19(24(26)27)20(10-14)28-12-16(25)11-21/h5,13-14,16-20,22,25H,3-4,6-12H2,1-2H3/t13-,14?,16?,17?,18?,19?,20?/m1/s1. The summed E-state index contributed by atoms with van der Waals surface area (Å²) in [6.07, 6.45) is 6.84. The van der Waals surface area contributed by atoms with E-state index in [4.69, 9.17) is 4.74 Å². The molecule has 160 valence electrons. The van der Waals surface area contributed by atoms with Gasteiger partial charge in [0.1, 0.15) is 18.9 Å². The number of nitro groups is 1. The highest BCUT2D eigenvalue weighted by molar-refractivity contribution is 5.10. The summed E-state index contributed by atoms with van der Waals surface area (Å²) in [5.41, 5.74) is 1.41. The lowest BCUT2D eigenvalue weighted by atomic mass is 9.73. The molecule has 8 heteroatoms. The lowest BCUT2D eigenvalue weighted by Crippen LogP contribution is -2.54. The molecule has 0 aromatic carbocycles. The van der Waals surface area contributed by atoms with Crippen LogP contribution >= 0.6 is 0 Å². The monoisotopic (exact) mass is 399 g/mol. The topological polar surface area (TPSA) is 87.9 Å². The molecule has 1 heterocycles. The van der Waals surface area contributed by atoms with E-state index in [1.807, 2.05) is 0 Å². The van der Waals surface area contributed by atoms with Crippen molar-refractivity contribution in [2.75, 3.05) is 27.4 Å². The molecule has 0 spiro atoms. The van der Waals surface area contributed by atoms with Crippen molar-refractivity contribution >= 4 is 0 Å². The number of hydrogen-bond donors (Lipinski definition) is 2. The minimum Gasteiger partial charge on any atom is -0.388 e. The maximum Gasteiger partial charge on any atom is 0.238 e. The maximum absolute atomic E-state index is 12.5. The first-order valence-corrected chi connectivity index (χ1v) is 10.5. The fraction of sp³-hybridized carbons (Fsp3) is 0.900. The molecule has 1 saturated carbocycles. The molecule has 0 bridgehead atoms. The molecule has 0 aromatic heterocycles. The summed E-state index contributed by atoms with van der Waals surface area (Å²) in [5, 5.41) is 24.7. The van der Waals surface area contributed by atoms with Gasteiger partial charge in [0, 0.05) is 43.2 Å². The first-order valence-electron chi connectivity index (χ1n) is 10.5. The largest absolute Gasteiger partial charge is 0.388 e. The van der Waals surface area contributed by atoms with E-state index in [2.05, 4.69) is 30.4 Å². The van der Waals surface area contributed by atoms with Crippen LogP contribution < -0.4 is 5.32 Å². The Morgan fingerprint density at radius 2 is 2.07 bits per heavy atom. The van der Waals surface area contributed by atoms with Crippen LogP contribution in [0.15, 0.2) is 11.8 Å². The molecule has 1 aliphatic heterocycles. The van der Waals surface area contributed by atoms with E-state index < -0.39 is 24.9 Å². The zero-order chi connectivity index (χ0) is 20.3. The average molecular weight is 400 g/mol. The maximum atomic E-state index is 12.5. The zero-order valence-corrected chi connectivity index (χ0v) is 16.9. The minimum atomic E-state index is -1.21. The van der Waals surface area contributed by atoms with Crippen molar-refractivity contribution in [3.05, 3.63) is 21.9 Å². The number of halogens is 1. The van der Waals surface area contributed by atoms with Crippen molar-refractivity contribution in [2.24, 2.45) is 11.8 Å². The van der Waals surface area contributed by atoms with Gasteiger partial charge >= 0.3 is 0 Å². The summed E-state index contributed by atoms with van der Waals surface area (Å²) in [6.45, 7) is -1.08. The van der Waals surface area contributed by atoms with E-state index in [1.165, 1.54) is 12.1 Å². The van der Waals surface area contributed by atoms with Crippen molar-refractivity contribution in [1.29, 1.82) is 0 Å². The number of fused-ring (bicyclic) bond motifs is 1. The number of allylic oxidation sites excluding steroid dienone is 1. The van der Waals surface area contributed by atoms with Crippen LogP contribution in [0.25, 0.3) is 0 Å². The SMILES string of the molecule is CN(C)C1=CCC2NC(C3CCC([N+](=O)[O-])C(OCC(O)CF)C3)CC[C@@H]2C1. The van der Waals surface area contributed by atoms with Crippen LogP contribution in [0.3, 0.4) is 0 Å². The molecule has 2 aliphatic carbocycles. The molecule has 3 rings (SSSR count). The van der Waals surface area contributed by atoms with E-state index in [1.54, 1.807) is 0 Å². The second kappa shape index (κ2) is 9.50. The van der Waals surface area contributed by atoms with Gasteiger partial charge in [0.2, 0.25) is 6.04 Å². The highest BCUT2D eigenvalue weighted by atomic mass is 19.1. The summed E-state index contributed by atoms with van der Waals surface area (Å²) in [4.78, 5) is 13.3. The Labute approximate surface area is 166 Å². The summed E-state index contributed by atoms with van der Waals surface area (Å²) in [7, 11) is 4.19. The van der Waals surface area contributed by atoms with Crippen LogP contribution in [0.5, 0.6) is 0 Å². The Hall–Kier alpha value is -1.25. The summed E-state index contributed by atoms with van der Waals surface area (Å²) >= 11 is 0. The van der Waals surface area contributed by atoms with Crippen LogP contribution in [0, 0.1) is 22.0 Å². The fourth-order valence-corrected chi connectivity index (χ4v) is 5.15. The molecule has 7 nitrogen and oxygen atoms in total. The molecule has 28 heavy (non-hydrogen) atoms. The van der Waals surface area contributed by atoms with Crippen molar-refractivity contribution in [3.8, 4) is 0 Å². The van der Waals surface area contributed by atoms with Gasteiger partial charge in [-0.2, -0.15) is 0 Å². The van der Waals surface area contributed by atoms with E-state index in [0.717, 1.165) is 25.7 Å². The molecule has 0 amide bonds. The van der Waals surface area contributed by atoms with Crippen molar-refractivity contribution in [2.45, 2.75) is 75.3 Å². The molecule has 1 saturated heterocycles. The highest BCUT2D eigenvalue weighted by Crippen LogP contribution is 2.38. The van der Waals surface area contributed by atoms with E-state index in [0.29, 0.717) is 36.8 Å². The van der Waals surface area contributed by atoms with Gasteiger partial charge in [-0.15, -0.1) is 0 Å². The third kappa shape index (κ3) is 5.02. The predicted molar refractivity (Wildman–Crippen MR) is 104 cm³/mol. The van der Waals surface area contributed by atoms with Gasteiger partial charge in [-0.25, -0.2) is 4.39 Å². The predicted octanol–water partition coefficient (Wildman–Crippen LogP) is 2.12. The number of rotatable bonds is 7. The van der Waals surface area contributed by atoms with E-state index in [9.17, 15) is 19.6 Å². The molecule has 0 aromatic rings. The number of aliphatic hydroxyl groups excluding tert-OH is 1. The molecular formula is C20H34FN3O4. The number of hydrogen-bond acceptors (Lipinski definition) is 6. The lowest BCUT2D eigenvalue weighted by molar-refractivity contribution is -0.540. The smallest absolute Gasteiger partial charge is 0.238 e. The molecular weight excluding hydrogens is 365 g/mol. The van der Waals surface area contributed by atoms with Gasteiger partial charge in [0.25, 0.3) is 0 Å². The zero-order valence-electron chi connectivity index (χ0n) is 16.9. The van der Waals surface area contributed by atoms with E-state index in [-0.39, 0.29) is 11.5 Å². The number of ether oxygens (including phenoxy) is 1. The molecule has 7 atom stereocenters. The van der Waals surface area contributed by atoms with Crippen LogP contribution in [0.4, 0.5) is 4.39 Å². The first-order chi connectivity index (χ1) is 13.4. The number of nitrogens with zero attached hydrogens (tertiary/aromatic N) is 2. The molecule has 6 unspecified atom stereocenters. The van der Waals surface area contributed by atoms with E-state index >= 15 is 0 Å². The van der Waals surface area contributed by atoms with Gasteiger partial charge in [-0.1, -0.05) is 6.08 Å². The van der Waals surface area contributed by atoms with Gasteiger partial charge < -0.3 is 20.1 Å². The first kappa shape index (κ1) is 21.5. The molecule has 0 radical (unpaired) electrons. The lowest BCUT2D eigenvalue weighted by Gasteiger charge is -2.45. The van der Waals surface area contributed by atoms with Crippen molar-refractivity contribution < 1.29 is 19.2 Å². The fourth-order valence-electron chi connectivity index (χ4n) is 5.15. The Bertz CT molecular complexity index is 574. The third-order valence-electron chi connectivity index (χ3n) is 6.82. The van der Waals surface area contributed by atoms with Crippen LogP contribution in [0.2, 0.25) is 0 Å². The summed E-state index contributed by atoms with van der Waals surface area (Å²) in [6, 6.07) is 0.0588. The quantitative estimate of drug-likeness (QED) is 0.504. The number of piperidine rings is 1. The van der Waals surface area contributed by atoms with Crippen molar-refractivity contribution in [3.63, 3.8) is 0 Å². The Kier molecular flexibility index (Phi) is 7.28. The van der Waals surface area contributed by atoms with Gasteiger partial charge in [-0.3, -0.25) is 10.1 Å². The minimum absolute atomic E-state index is 0.181. The normalized spacial score (nSPS) is 36.9. The second-order valence-corrected chi connectivity index (χ2v) is 8.85. The molecule has 2 N–H and O–H groups in total. The number of alkyl halides is 1. The summed E-state index contributed by atoms with van der Waals surface area (Å²) in [5.74, 6) is 0.976. The third-order valence-corrected chi connectivity index (χ3v) is 6.82. The second-order valence-electron chi connectivity index (χ2n) is 8.85. The van der Waals surface area contributed by atoms with Crippen LogP contribution in [0.1, 0.15) is 44.9 Å². The molecule has 2 fully saturated rings. The summed E-state index contributed by atoms with van der Waals surface area (Å²) < 4.78 is 18.1. The number of aliphatic hydroxyl groups is 1. The Balaban J connectivity index is 1.59. The Morgan fingerprint density at radius 3 is 2.75 bits per heavy atom.